The number of imidazole rings is 1. The molecule has 29 heavy (non-hydrogen) atoms. The second-order valence-electron chi connectivity index (χ2n) is 6.92. The summed E-state index contributed by atoms with van der Waals surface area (Å²) in [6.07, 6.45) is -0.646. The van der Waals surface area contributed by atoms with E-state index in [0.29, 0.717) is 37.0 Å². The van der Waals surface area contributed by atoms with Crippen molar-refractivity contribution in [3.8, 4) is 22.6 Å². The number of nitrogens with zero attached hydrogens (tertiary/aromatic N) is 4. The molecule has 1 fully saturated rings. The number of nitrogens with one attached hydrogen (secondary N) is 1. The van der Waals surface area contributed by atoms with Crippen LogP contribution >= 0.6 is 11.6 Å². The van der Waals surface area contributed by atoms with E-state index in [1.807, 2.05) is 47.5 Å². The lowest BCUT2D eigenvalue weighted by Gasteiger charge is -2.35. The van der Waals surface area contributed by atoms with Gasteiger partial charge in [-0.15, -0.1) is 0 Å². The molecule has 152 valence electrons. The smallest absolute Gasteiger partial charge is 0.354 e. The van der Waals surface area contributed by atoms with Crippen LogP contribution in [0.25, 0.3) is 22.6 Å². The molecular formula is C20H19ClF3N5. The average Bonchev–Trinajstić information content (AvgIpc) is 3.18. The molecule has 0 aliphatic carbocycles. The maximum absolute atomic E-state index is 12.6. The Labute approximate surface area is 171 Å². The molecule has 3 aromatic rings. The first-order chi connectivity index (χ1) is 13.9. The van der Waals surface area contributed by atoms with Gasteiger partial charge in [-0.1, -0.05) is 23.7 Å². The van der Waals surface area contributed by atoms with Crippen molar-refractivity contribution < 1.29 is 13.2 Å². The molecule has 1 saturated heterocycles. The molecule has 0 atom stereocenters. The van der Waals surface area contributed by atoms with Gasteiger partial charge in [0, 0.05) is 54.7 Å². The minimum absolute atomic E-state index is 0.354. The molecule has 9 heteroatoms. The predicted octanol–water partition coefficient (Wildman–Crippen LogP) is 4.48. The van der Waals surface area contributed by atoms with Crippen LogP contribution in [0.3, 0.4) is 0 Å². The highest BCUT2D eigenvalue weighted by molar-refractivity contribution is 6.30. The van der Waals surface area contributed by atoms with Crippen molar-refractivity contribution >= 4 is 17.4 Å². The zero-order chi connectivity index (χ0) is 20.4. The molecule has 3 heterocycles. The van der Waals surface area contributed by atoms with Crippen LogP contribution in [0.2, 0.25) is 5.02 Å². The zero-order valence-corrected chi connectivity index (χ0v) is 16.2. The monoisotopic (exact) mass is 421 g/mol. The maximum Gasteiger partial charge on any atom is 0.401 e. The minimum Gasteiger partial charge on any atom is -0.354 e. The molecule has 0 saturated carbocycles. The van der Waals surface area contributed by atoms with Crippen molar-refractivity contribution in [1.82, 2.24) is 19.9 Å². The van der Waals surface area contributed by atoms with Crippen molar-refractivity contribution in [1.29, 1.82) is 0 Å². The van der Waals surface area contributed by atoms with Crippen LogP contribution in [0.1, 0.15) is 0 Å². The number of benzene rings is 1. The summed E-state index contributed by atoms with van der Waals surface area (Å²) in [5.41, 5.74) is 2.62. The van der Waals surface area contributed by atoms with Crippen molar-refractivity contribution in [3.63, 3.8) is 0 Å². The van der Waals surface area contributed by atoms with Gasteiger partial charge >= 0.3 is 6.18 Å². The van der Waals surface area contributed by atoms with E-state index >= 15 is 0 Å². The van der Waals surface area contributed by atoms with Crippen LogP contribution in [0.15, 0.2) is 48.8 Å². The standard InChI is InChI=1S/C20H19ClF3N5/c21-16-3-1-14(2-4-16)17-12-26-19(27-17)15-5-6-25-18(11-15)29-9-7-28(8-10-29)13-20(22,23)24/h1-6,11-12H,7-10,13H2,(H,26,27). The summed E-state index contributed by atoms with van der Waals surface area (Å²) in [7, 11) is 0. The number of aromatic amines is 1. The molecule has 1 N–H and O–H groups in total. The fourth-order valence-corrected chi connectivity index (χ4v) is 3.49. The van der Waals surface area contributed by atoms with Crippen molar-refractivity contribution in [2.45, 2.75) is 6.18 Å². The zero-order valence-electron chi connectivity index (χ0n) is 15.5. The Bertz CT molecular complexity index is 963. The second kappa shape index (κ2) is 8.04. The number of hydrogen-bond acceptors (Lipinski definition) is 4. The van der Waals surface area contributed by atoms with Crippen LogP contribution in [0, 0.1) is 0 Å². The normalized spacial score (nSPS) is 15.7. The number of halogens is 4. The maximum atomic E-state index is 12.6. The Morgan fingerprint density at radius 1 is 1.00 bits per heavy atom. The predicted molar refractivity (Wildman–Crippen MR) is 107 cm³/mol. The van der Waals surface area contributed by atoms with Gasteiger partial charge in [0.25, 0.3) is 0 Å². The van der Waals surface area contributed by atoms with E-state index in [0.717, 1.165) is 22.6 Å². The van der Waals surface area contributed by atoms with Gasteiger partial charge in [-0.05, 0) is 24.3 Å². The van der Waals surface area contributed by atoms with Gasteiger partial charge in [-0.25, -0.2) is 9.97 Å². The highest BCUT2D eigenvalue weighted by Gasteiger charge is 2.32. The average molecular weight is 422 g/mol. The van der Waals surface area contributed by atoms with Gasteiger partial charge < -0.3 is 9.88 Å². The van der Waals surface area contributed by atoms with E-state index < -0.39 is 12.7 Å². The lowest BCUT2D eigenvalue weighted by Crippen LogP contribution is -2.49. The summed E-state index contributed by atoms with van der Waals surface area (Å²) < 4.78 is 37.7. The lowest BCUT2D eigenvalue weighted by molar-refractivity contribution is -0.146. The van der Waals surface area contributed by atoms with E-state index in [1.54, 1.807) is 6.20 Å². The topological polar surface area (TPSA) is 48.0 Å². The number of alkyl halides is 3. The number of hydrogen-bond donors (Lipinski definition) is 1. The summed E-state index contributed by atoms with van der Waals surface area (Å²) in [4.78, 5) is 15.6. The minimum atomic E-state index is -4.17. The third-order valence-corrected chi connectivity index (χ3v) is 5.09. The van der Waals surface area contributed by atoms with Gasteiger partial charge in [0.05, 0.1) is 12.2 Å². The van der Waals surface area contributed by atoms with Gasteiger partial charge in [-0.2, -0.15) is 13.2 Å². The SMILES string of the molecule is FC(F)(F)CN1CCN(c2cc(-c3nc(-c4ccc(Cl)cc4)c[nH]3)ccn2)CC1. The van der Waals surface area contributed by atoms with Gasteiger partial charge in [0.1, 0.15) is 11.6 Å². The molecule has 0 amide bonds. The summed E-state index contributed by atoms with van der Waals surface area (Å²) in [5, 5.41) is 0.665. The number of anilines is 1. The van der Waals surface area contributed by atoms with Crippen LogP contribution in [0.5, 0.6) is 0 Å². The first-order valence-electron chi connectivity index (χ1n) is 9.19. The third-order valence-electron chi connectivity index (χ3n) is 4.84. The molecule has 0 unspecified atom stereocenters. The molecule has 0 spiro atoms. The molecule has 1 aliphatic heterocycles. The highest BCUT2D eigenvalue weighted by atomic mass is 35.5. The molecule has 0 bridgehead atoms. The Morgan fingerprint density at radius 3 is 2.41 bits per heavy atom. The second-order valence-corrected chi connectivity index (χ2v) is 7.36. The molecule has 4 rings (SSSR count). The molecule has 1 aromatic carbocycles. The van der Waals surface area contributed by atoms with Gasteiger partial charge in [0.15, 0.2) is 0 Å². The van der Waals surface area contributed by atoms with Gasteiger partial charge in [-0.3, -0.25) is 4.90 Å². The van der Waals surface area contributed by atoms with Crippen LogP contribution in [0.4, 0.5) is 19.0 Å². The Morgan fingerprint density at radius 2 is 1.72 bits per heavy atom. The summed E-state index contributed by atoms with van der Waals surface area (Å²) >= 11 is 5.93. The fourth-order valence-electron chi connectivity index (χ4n) is 3.37. The lowest BCUT2D eigenvalue weighted by atomic mass is 10.2. The summed E-state index contributed by atoms with van der Waals surface area (Å²) in [6.45, 7) is 0.843. The van der Waals surface area contributed by atoms with Crippen molar-refractivity contribution in [2.75, 3.05) is 37.6 Å². The van der Waals surface area contributed by atoms with Crippen molar-refractivity contribution in [3.05, 3.63) is 53.8 Å². The third kappa shape index (κ3) is 4.89. The highest BCUT2D eigenvalue weighted by Crippen LogP contribution is 2.26. The largest absolute Gasteiger partial charge is 0.401 e. The number of pyridine rings is 1. The van der Waals surface area contributed by atoms with Crippen LogP contribution in [-0.4, -0.2) is 58.8 Å². The first-order valence-corrected chi connectivity index (χ1v) is 9.57. The molecule has 2 aromatic heterocycles. The molecule has 1 aliphatic rings. The summed E-state index contributed by atoms with van der Waals surface area (Å²) in [5.74, 6) is 1.44. The molecule has 5 nitrogen and oxygen atoms in total. The quantitative estimate of drug-likeness (QED) is 0.675. The van der Waals surface area contributed by atoms with E-state index in [4.69, 9.17) is 11.6 Å². The van der Waals surface area contributed by atoms with E-state index in [2.05, 4.69) is 15.0 Å². The molecule has 0 radical (unpaired) electrons. The Balaban J connectivity index is 1.46. The van der Waals surface area contributed by atoms with Crippen LogP contribution < -0.4 is 4.90 Å². The Kier molecular flexibility index (Phi) is 5.47. The van der Waals surface area contributed by atoms with Crippen LogP contribution in [-0.2, 0) is 0 Å². The first kappa shape index (κ1) is 19.7. The van der Waals surface area contributed by atoms with Gasteiger partial charge in [0.2, 0.25) is 0 Å². The van der Waals surface area contributed by atoms with E-state index in [1.165, 1.54) is 4.90 Å². The fraction of sp³-hybridized carbons (Fsp3) is 0.300. The number of aromatic nitrogens is 3. The number of H-pyrrole nitrogens is 1. The number of piperazine rings is 1. The van der Waals surface area contributed by atoms with E-state index in [-0.39, 0.29) is 0 Å². The van der Waals surface area contributed by atoms with E-state index in [9.17, 15) is 13.2 Å². The Hall–Kier alpha value is -2.58. The summed E-state index contributed by atoms with van der Waals surface area (Å²) in [6, 6.07) is 11.2. The van der Waals surface area contributed by atoms with Crippen molar-refractivity contribution in [2.24, 2.45) is 0 Å². The number of rotatable bonds is 4. The molecular weight excluding hydrogens is 403 g/mol.